The van der Waals surface area contributed by atoms with Crippen molar-refractivity contribution in [1.82, 2.24) is 4.90 Å². The second-order valence-electron chi connectivity index (χ2n) is 6.55. The molecule has 0 radical (unpaired) electrons. The molecule has 1 N–H and O–H groups in total. The maximum Gasteiger partial charge on any atom is 0.162 e. The SMILES string of the molecule is OC1(COc2ccc(F)c(F)c2)COCCN(C2CCCC2)C1. The number of aliphatic hydroxyl groups is 1. The third kappa shape index (κ3) is 4.19. The van der Waals surface area contributed by atoms with Crippen molar-refractivity contribution in [1.29, 1.82) is 0 Å². The van der Waals surface area contributed by atoms with E-state index in [1.165, 1.54) is 18.9 Å². The molecule has 128 valence electrons. The molecule has 0 spiro atoms. The highest BCUT2D eigenvalue weighted by Gasteiger charge is 2.36. The minimum Gasteiger partial charge on any atom is -0.490 e. The van der Waals surface area contributed by atoms with Gasteiger partial charge in [-0.05, 0) is 25.0 Å². The van der Waals surface area contributed by atoms with Crippen LogP contribution in [-0.4, -0.2) is 54.6 Å². The van der Waals surface area contributed by atoms with E-state index in [9.17, 15) is 13.9 Å². The van der Waals surface area contributed by atoms with E-state index >= 15 is 0 Å². The van der Waals surface area contributed by atoms with Crippen LogP contribution in [0.1, 0.15) is 25.7 Å². The molecule has 23 heavy (non-hydrogen) atoms. The Morgan fingerprint density at radius 3 is 2.78 bits per heavy atom. The van der Waals surface area contributed by atoms with Gasteiger partial charge in [0.15, 0.2) is 11.6 Å². The van der Waals surface area contributed by atoms with Crippen LogP contribution in [-0.2, 0) is 4.74 Å². The molecule has 2 fully saturated rings. The standard InChI is InChI=1S/C17H23F2NO3/c18-15-6-5-14(9-16(15)19)23-12-17(21)10-20(7-8-22-11-17)13-3-1-2-4-13/h5-6,9,13,21H,1-4,7-8,10-12H2. The zero-order chi connectivity index (χ0) is 16.3. The Kier molecular flexibility index (Phi) is 5.14. The molecule has 4 nitrogen and oxygen atoms in total. The molecule has 6 heteroatoms. The van der Waals surface area contributed by atoms with Crippen LogP contribution in [0.5, 0.6) is 5.75 Å². The Morgan fingerprint density at radius 2 is 2.04 bits per heavy atom. The molecule has 1 unspecified atom stereocenters. The van der Waals surface area contributed by atoms with Crippen LogP contribution in [0.15, 0.2) is 18.2 Å². The van der Waals surface area contributed by atoms with E-state index in [-0.39, 0.29) is 19.0 Å². The van der Waals surface area contributed by atoms with Gasteiger partial charge in [-0.1, -0.05) is 12.8 Å². The van der Waals surface area contributed by atoms with Crippen LogP contribution in [0, 0.1) is 11.6 Å². The van der Waals surface area contributed by atoms with E-state index in [2.05, 4.69) is 4.90 Å². The summed E-state index contributed by atoms with van der Waals surface area (Å²) < 4.78 is 37.2. The maximum absolute atomic E-state index is 13.2. The smallest absolute Gasteiger partial charge is 0.162 e. The summed E-state index contributed by atoms with van der Waals surface area (Å²) in [5, 5.41) is 10.8. The van der Waals surface area contributed by atoms with E-state index in [0.29, 0.717) is 19.2 Å². The first-order chi connectivity index (χ1) is 11.1. The first-order valence-corrected chi connectivity index (χ1v) is 8.18. The van der Waals surface area contributed by atoms with Crippen LogP contribution in [0.25, 0.3) is 0 Å². The molecule has 3 rings (SSSR count). The fraction of sp³-hybridized carbons (Fsp3) is 0.647. The number of ether oxygens (including phenoxy) is 2. The summed E-state index contributed by atoms with van der Waals surface area (Å²) in [7, 11) is 0. The van der Waals surface area contributed by atoms with Crippen molar-refractivity contribution in [2.24, 2.45) is 0 Å². The van der Waals surface area contributed by atoms with Gasteiger partial charge in [-0.25, -0.2) is 8.78 Å². The van der Waals surface area contributed by atoms with Crippen molar-refractivity contribution in [3.05, 3.63) is 29.8 Å². The molecule has 1 aliphatic carbocycles. The Labute approximate surface area is 135 Å². The minimum atomic E-state index is -1.15. The molecule has 1 aliphatic heterocycles. The summed E-state index contributed by atoms with van der Waals surface area (Å²) in [6.07, 6.45) is 4.76. The predicted octanol–water partition coefficient (Wildman–Crippen LogP) is 2.35. The largest absolute Gasteiger partial charge is 0.490 e. The molecule has 0 bridgehead atoms. The number of nitrogens with zero attached hydrogens (tertiary/aromatic N) is 1. The number of benzene rings is 1. The summed E-state index contributed by atoms with van der Waals surface area (Å²) in [6.45, 7) is 2.03. The third-order valence-corrected chi connectivity index (χ3v) is 4.63. The Morgan fingerprint density at radius 1 is 1.26 bits per heavy atom. The molecule has 1 saturated carbocycles. The lowest BCUT2D eigenvalue weighted by molar-refractivity contribution is -0.0669. The number of halogens is 2. The highest BCUT2D eigenvalue weighted by molar-refractivity contribution is 5.23. The average molecular weight is 327 g/mol. The molecule has 1 aromatic carbocycles. The van der Waals surface area contributed by atoms with E-state index in [0.717, 1.165) is 31.5 Å². The van der Waals surface area contributed by atoms with Crippen molar-refractivity contribution < 1.29 is 23.4 Å². The summed E-state index contributed by atoms with van der Waals surface area (Å²) in [6, 6.07) is 3.86. The summed E-state index contributed by atoms with van der Waals surface area (Å²) in [5.74, 6) is -1.67. The molecular weight excluding hydrogens is 304 g/mol. The Hall–Kier alpha value is -1.24. The van der Waals surface area contributed by atoms with Gasteiger partial charge in [0.25, 0.3) is 0 Å². The van der Waals surface area contributed by atoms with Crippen molar-refractivity contribution >= 4 is 0 Å². The maximum atomic E-state index is 13.2. The third-order valence-electron chi connectivity index (χ3n) is 4.63. The Bertz CT molecular complexity index is 537. The second kappa shape index (κ2) is 7.11. The van der Waals surface area contributed by atoms with Gasteiger partial charge in [0.05, 0.1) is 13.2 Å². The van der Waals surface area contributed by atoms with E-state index in [1.54, 1.807) is 0 Å². The van der Waals surface area contributed by atoms with Crippen molar-refractivity contribution in [2.75, 3.05) is 32.9 Å². The summed E-state index contributed by atoms with van der Waals surface area (Å²) in [5.41, 5.74) is -1.15. The first-order valence-electron chi connectivity index (χ1n) is 8.18. The average Bonchev–Trinajstić information content (AvgIpc) is 2.99. The summed E-state index contributed by atoms with van der Waals surface area (Å²) in [4.78, 5) is 2.27. The van der Waals surface area contributed by atoms with Crippen LogP contribution in [0.4, 0.5) is 8.78 Å². The van der Waals surface area contributed by atoms with Gasteiger partial charge in [-0.15, -0.1) is 0 Å². The van der Waals surface area contributed by atoms with Crippen molar-refractivity contribution in [3.63, 3.8) is 0 Å². The van der Waals surface area contributed by atoms with Crippen molar-refractivity contribution in [3.8, 4) is 5.75 Å². The number of β-amino-alcohol motifs (C(OH)–C–C–N with tert-alkyl or cyclic N) is 1. The zero-order valence-electron chi connectivity index (χ0n) is 13.1. The van der Waals surface area contributed by atoms with Gasteiger partial charge in [0, 0.05) is 25.2 Å². The molecule has 0 amide bonds. The molecular formula is C17H23F2NO3. The van der Waals surface area contributed by atoms with Crippen LogP contribution < -0.4 is 4.74 Å². The monoisotopic (exact) mass is 327 g/mol. The highest BCUT2D eigenvalue weighted by Crippen LogP contribution is 2.26. The normalized spacial score (nSPS) is 27.1. The van der Waals surface area contributed by atoms with E-state index < -0.39 is 17.2 Å². The number of hydrogen-bond acceptors (Lipinski definition) is 4. The highest BCUT2D eigenvalue weighted by atomic mass is 19.2. The van der Waals surface area contributed by atoms with Gasteiger partial charge in [-0.2, -0.15) is 0 Å². The fourth-order valence-corrected chi connectivity index (χ4v) is 3.40. The van der Waals surface area contributed by atoms with Gasteiger partial charge in [-0.3, -0.25) is 4.90 Å². The first kappa shape index (κ1) is 16.6. The van der Waals surface area contributed by atoms with E-state index in [4.69, 9.17) is 9.47 Å². The van der Waals surface area contributed by atoms with Crippen molar-refractivity contribution in [2.45, 2.75) is 37.3 Å². The lowest BCUT2D eigenvalue weighted by Crippen LogP contribution is -2.51. The molecule has 1 saturated heterocycles. The quantitative estimate of drug-likeness (QED) is 0.922. The van der Waals surface area contributed by atoms with E-state index in [1.807, 2.05) is 0 Å². The second-order valence-corrected chi connectivity index (χ2v) is 6.55. The minimum absolute atomic E-state index is 0.0126. The summed E-state index contributed by atoms with van der Waals surface area (Å²) >= 11 is 0. The van der Waals surface area contributed by atoms with Gasteiger partial charge >= 0.3 is 0 Å². The molecule has 0 aromatic heterocycles. The number of hydrogen-bond donors (Lipinski definition) is 1. The van der Waals surface area contributed by atoms with Crippen LogP contribution >= 0.6 is 0 Å². The van der Waals surface area contributed by atoms with Crippen LogP contribution in [0.3, 0.4) is 0 Å². The van der Waals surface area contributed by atoms with Crippen LogP contribution in [0.2, 0.25) is 0 Å². The topological polar surface area (TPSA) is 41.9 Å². The lowest BCUT2D eigenvalue weighted by Gasteiger charge is -2.33. The lowest BCUT2D eigenvalue weighted by atomic mass is 10.0. The van der Waals surface area contributed by atoms with Gasteiger partial charge in [0.1, 0.15) is 18.0 Å². The molecule has 2 aliphatic rings. The fourth-order valence-electron chi connectivity index (χ4n) is 3.40. The van der Waals surface area contributed by atoms with Gasteiger partial charge in [0.2, 0.25) is 0 Å². The molecule has 1 aromatic rings. The predicted molar refractivity (Wildman–Crippen MR) is 81.5 cm³/mol. The Balaban J connectivity index is 1.62. The zero-order valence-corrected chi connectivity index (χ0v) is 13.1. The van der Waals surface area contributed by atoms with Gasteiger partial charge < -0.3 is 14.6 Å². The number of rotatable bonds is 4. The molecule has 1 atom stereocenters. The molecule has 1 heterocycles.